The predicted molar refractivity (Wildman–Crippen MR) is 153 cm³/mol. The van der Waals surface area contributed by atoms with Crippen LogP contribution in [-0.2, 0) is 4.79 Å². The maximum atomic E-state index is 16.0. The lowest BCUT2D eigenvalue weighted by atomic mass is 10.0. The Morgan fingerprint density at radius 1 is 1.12 bits per heavy atom. The molecule has 226 valence electrons. The molecule has 3 aromatic carbocycles. The number of carbonyl (C=O) groups excluding carboxylic acids is 1. The van der Waals surface area contributed by atoms with Crippen LogP contribution in [0.4, 0.5) is 28.9 Å². The summed E-state index contributed by atoms with van der Waals surface area (Å²) in [5.74, 6) is -2.69. The van der Waals surface area contributed by atoms with E-state index in [1.807, 2.05) is 5.32 Å². The number of carbonyl (C=O) groups is 1. The first-order valence-electron chi connectivity index (χ1n) is 13.1. The van der Waals surface area contributed by atoms with E-state index in [1.54, 1.807) is 51.1 Å². The molecular formula is C29H29F4N7O3. The van der Waals surface area contributed by atoms with Crippen LogP contribution in [0.25, 0.3) is 11.4 Å². The number of hydrogen-bond acceptors (Lipinski definition) is 7. The second-order valence-corrected chi connectivity index (χ2v) is 9.53. The molecule has 6 N–H and O–H groups in total. The van der Waals surface area contributed by atoms with Gasteiger partial charge in [0, 0.05) is 28.4 Å². The van der Waals surface area contributed by atoms with E-state index in [9.17, 15) is 18.0 Å². The van der Waals surface area contributed by atoms with Crippen LogP contribution in [0.2, 0.25) is 0 Å². The highest BCUT2D eigenvalue weighted by Gasteiger charge is 2.39. The Kier molecular flexibility index (Phi) is 9.17. The summed E-state index contributed by atoms with van der Waals surface area (Å²) in [6.45, 7) is 5.56. The Balaban J connectivity index is 1.82. The largest absolute Gasteiger partial charge is 0.494 e. The van der Waals surface area contributed by atoms with Gasteiger partial charge in [-0.15, -0.1) is 0 Å². The smallest absolute Gasteiger partial charge is 0.471 e. The van der Waals surface area contributed by atoms with Crippen molar-refractivity contribution in [2.24, 2.45) is 5.73 Å². The average Bonchev–Trinajstić information content (AvgIpc) is 3.43. The van der Waals surface area contributed by atoms with Crippen molar-refractivity contribution >= 4 is 23.1 Å². The number of anilines is 2. The van der Waals surface area contributed by atoms with Gasteiger partial charge >= 0.3 is 12.1 Å². The molecule has 1 aromatic heterocycles. The number of aromatic amines is 1. The molecule has 0 aliphatic carbocycles. The maximum absolute atomic E-state index is 16.0. The Morgan fingerprint density at radius 3 is 2.44 bits per heavy atom. The van der Waals surface area contributed by atoms with Crippen molar-refractivity contribution < 1.29 is 31.8 Å². The van der Waals surface area contributed by atoms with Crippen molar-refractivity contribution in [3.05, 3.63) is 83.4 Å². The molecule has 1 heterocycles. The molecule has 43 heavy (non-hydrogen) atoms. The number of nitrogen functional groups attached to an aromatic ring is 1. The third-order valence-corrected chi connectivity index (χ3v) is 5.98. The predicted octanol–water partition coefficient (Wildman–Crippen LogP) is 5.78. The number of ether oxygens (including phenoxy) is 2. The molecule has 1 unspecified atom stereocenters. The lowest BCUT2D eigenvalue weighted by molar-refractivity contribution is -0.167. The van der Waals surface area contributed by atoms with E-state index >= 15 is 4.39 Å². The molecule has 10 nitrogen and oxygen atoms in total. The molecule has 4 rings (SSSR count). The van der Waals surface area contributed by atoms with Crippen molar-refractivity contribution in [1.29, 1.82) is 5.41 Å². The summed E-state index contributed by atoms with van der Waals surface area (Å²) in [6.07, 6.45) is -5.46. The van der Waals surface area contributed by atoms with Gasteiger partial charge in [-0.25, -0.2) is 9.37 Å². The molecule has 0 spiro atoms. The van der Waals surface area contributed by atoms with E-state index in [2.05, 4.69) is 20.5 Å². The van der Waals surface area contributed by atoms with Crippen molar-refractivity contribution in [3.63, 3.8) is 0 Å². The Hall–Kier alpha value is -5.14. The molecule has 4 aromatic rings. The lowest BCUT2D eigenvalue weighted by Gasteiger charge is -2.22. The summed E-state index contributed by atoms with van der Waals surface area (Å²) in [6, 6.07) is 14.1. The summed E-state index contributed by atoms with van der Waals surface area (Å²) in [5.41, 5.74) is 6.53. The van der Waals surface area contributed by atoms with Crippen LogP contribution in [0.1, 0.15) is 43.8 Å². The van der Waals surface area contributed by atoms with Gasteiger partial charge in [-0.3, -0.25) is 15.3 Å². The fourth-order valence-electron chi connectivity index (χ4n) is 4.10. The lowest BCUT2D eigenvalue weighted by Crippen LogP contribution is -2.30. The van der Waals surface area contributed by atoms with Crippen molar-refractivity contribution in [3.8, 4) is 22.9 Å². The molecule has 0 saturated heterocycles. The number of amidine groups is 1. The van der Waals surface area contributed by atoms with Gasteiger partial charge < -0.3 is 25.8 Å². The average molecular weight is 600 g/mol. The van der Waals surface area contributed by atoms with Gasteiger partial charge in [0.15, 0.2) is 23.2 Å². The maximum Gasteiger partial charge on any atom is 0.471 e. The molecule has 0 radical (unpaired) electrons. The molecule has 0 aliphatic rings. The van der Waals surface area contributed by atoms with E-state index in [4.69, 9.17) is 20.6 Å². The number of halogens is 4. The van der Waals surface area contributed by atoms with Gasteiger partial charge in [-0.1, -0.05) is 12.1 Å². The number of rotatable bonds is 11. The van der Waals surface area contributed by atoms with Gasteiger partial charge in [-0.05, 0) is 63.2 Å². The molecule has 14 heteroatoms. The molecule has 1 amide bonds. The van der Waals surface area contributed by atoms with Gasteiger partial charge in [0.05, 0.1) is 18.4 Å². The third kappa shape index (κ3) is 7.39. The van der Waals surface area contributed by atoms with E-state index < -0.39 is 23.9 Å². The number of H-pyrrole nitrogens is 1. The van der Waals surface area contributed by atoms with Crippen LogP contribution >= 0.6 is 0 Å². The minimum Gasteiger partial charge on any atom is -0.494 e. The number of nitrogens with one attached hydrogen (secondary N) is 4. The Labute approximate surface area is 244 Å². The standard InChI is InChI=1S/C29H29F4N7O3/c1-4-42-18-13-20(23(30)22(14-18)43-15(2)3)24(36-17-11-9-16(10-12-17)25(34)35)27-38-26(39-40-27)19-7-5-6-8-21(19)37-28(41)29(31,32)33/h5-15,24,36H,4H2,1-3H3,(H3,34,35)(H,37,41)(H,38,39,40). The second kappa shape index (κ2) is 12.8. The van der Waals surface area contributed by atoms with Crippen LogP contribution in [0.15, 0.2) is 60.7 Å². The zero-order valence-corrected chi connectivity index (χ0v) is 23.3. The minimum atomic E-state index is -5.11. The minimum absolute atomic E-state index is 0.0492. The van der Waals surface area contributed by atoms with E-state index in [0.29, 0.717) is 23.6 Å². The molecule has 0 fully saturated rings. The van der Waals surface area contributed by atoms with Crippen molar-refractivity contribution in [2.75, 3.05) is 17.2 Å². The van der Waals surface area contributed by atoms with Gasteiger partial charge in [-0.2, -0.15) is 18.3 Å². The van der Waals surface area contributed by atoms with Crippen LogP contribution in [0.3, 0.4) is 0 Å². The van der Waals surface area contributed by atoms with Crippen LogP contribution in [0, 0.1) is 11.2 Å². The molecular weight excluding hydrogens is 570 g/mol. The second-order valence-electron chi connectivity index (χ2n) is 9.53. The van der Waals surface area contributed by atoms with Crippen LogP contribution in [-0.4, -0.2) is 45.8 Å². The number of alkyl halides is 3. The Bertz CT molecular complexity index is 1600. The first kappa shape index (κ1) is 30.8. The van der Waals surface area contributed by atoms with Gasteiger partial charge in [0.2, 0.25) is 0 Å². The number of benzene rings is 3. The fraction of sp³-hybridized carbons (Fsp3) is 0.241. The highest BCUT2D eigenvalue weighted by Crippen LogP contribution is 2.36. The fourth-order valence-corrected chi connectivity index (χ4v) is 4.10. The quantitative estimate of drug-likeness (QED) is 0.0833. The molecule has 0 bridgehead atoms. The number of nitrogens with two attached hydrogens (primary N) is 1. The number of hydrogen-bond donors (Lipinski definition) is 5. The van der Waals surface area contributed by atoms with E-state index in [0.717, 1.165) is 0 Å². The first-order valence-corrected chi connectivity index (χ1v) is 13.1. The number of aromatic nitrogens is 3. The van der Waals surface area contributed by atoms with Crippen LogP contribution < -0.4 is 25.8 Å². The highest BCUT2D eigenvalue weighted by molar-refractivity contribution is 5.98. The monoisotopic (exact) mass is 599 g/mol. The molecule has 1 atom stereocenters. The SMILES string of the molecule is CCOc1cc(OC(C)C)c(F)c(C(Nc2ccc(C(=N)N)cc2)c2nc(-c3ccccc3NC(=O)C(F)(F)F)n[nH]2)c1. The molecule has 0 saturated carbocycles. The zero-order chi connectivity index (χ0) is 31.3. The summed E-state index contributed by atoms with van der Waals surface area (Å²) in [7, 11) is 0. The number of nitrogens with zero attached hydrogens (tertiary/aromatic N) is 2. The topological polar surface area (TPSA) is 151 Å². The summed E-state index contributed by atoms with van der Waals surface area (Å²) in [4.78, 5) is 16.1. The van der Waals surface area contributed by atoms with Gasteiger partial charge in [0.25, 0.3) is 0 Å². The van der Waals surface area contributed by atoms with E-state index in [1.165, 1.54) is 30.3 Å². The zero-order valence-electron chi connectivity index (χ0n) is 23.3. The van der Waals surface area contributed by atoms with E-state index in [-0.39, 0.29) is 46.2 Å². The highest BCUT2D eigenvalue weighted by atomic mass is 19.4. The van der Waals surface area contributed by atoms with Crippen molar-refractivity contribution in [1.82, 2.24) is 15.2 Å². The summed E-state index contributed by atoms with van der Waals surface area (Å²) >= 11 is 0. The van der Waals surface area contributed by atoms with Crippen LogP contribution in [0.5, 0.6) is 11.5 Å². The normalized spacial score (nSPS) is 12.1. The third-order valence-electron chi connectivity index (χ3n) is 5.98. The number of para-hydroxylation sites is 1. The van der Waals surface area contributed by atoms with Gasteiger partial charge in [0.1, 0.15) is 17.6 Å². The summed E-state index contributed by atoms with van der Waals surface area (Å²) < 4.78 is 66.2. The van der Waals surface area contributed by atoms with Crippen molar-refractivity contribution in [2.45, 2.75) is 39.1 Å². The summed E-state index contributed by atoms with van der Waals surface area (Å²) in [5, 5.41) is 19.6. The first-order chi connectivity index (χ1) is 20.4. The Morgan fingerprint density at radius 2 is 1.81 bits per heavy atom. The number of amides is 1. The molecule has 0 aliphatic heterocycles.